The Morgan fingerprint density at radius 2 is 2.04 bits per heavy atom. The number of ether oxygens (including phenoxy) is 1. The second kappa shape index (κ2) is 7.11. The van der Waals surface area contributed by atoms with Gasteiger partial charge in [-0.2, -0.15) is 4.98 Å². The minimum atomic E-state index is -0.587. The van der Waals surface area contributed by atoms with Crippen molar-refractivity contribution >= 4 is 5.91 Å². The maximum absolute atomic E-state index is 11.1. The summed E-state index contributed by atoms with van der Waals surface area (Å²) in [5, 5.41) is 4.09. The maximum atomic E-state index is 11.1. The number of benzene rings is 1. The molecule has 1 aliphatic rings. The molecule has 2 heterocycles. The number of aromatic nitrogens is 2. The fourth-order valence-electron chi connectivity index (χ4n) is 3.09. The van der Waals surface area contributed by atoms with Gasteiger partial charge in [0, 0.05) is 26.6 Å². The summed E-state index contributed by atoms with van der Waals surface area (Å²) in [4.78, 5) is 17.6. The van der Waals surface area contributed by atoms with Gasteiger partial charge in [0.2, 0.25) is 5.91 Å². The van der Waals surface area contributed by atoms with Gasteiger partial charge < -0.3 is 15.0 Å². The molecule has 0 spiro atoms. The molecule has 0 bridgehead atoms. The van der Waals surface area contributed by atoms with Crippen molar-refractivity contribution < 1.29 is 14.1 Å². The minimum Gasteiger partial charge on any atom is -0.369 e. The molecule has 2 N–H and O–H groups in total. The molecule has 1 aromatic carbocycles. The summed E-state index contributed by atoms with van der Waals surface area (Å²) < 4.78 is 11.2. The monoisotopic (exact) mass is 330 g/mol. The van der Waals surface area contributed by atoms with Crippen molar-refractivity contribution in [1.29, 1.82) is 0 Å². The van der Waals surface area contributed by atoms with E-state index in [2.05, 4.69) is 10.1 Å². The molecule has 2 aromatic rings. The molecule has 1 amide bonds. The Morgan fingerprint density at radius 3 is 2.67 bits per heavy atom. The predicted octanol–water partition coefficient (Wildman–Crippen LogP) is 1.08. The molecule has 0 atom stereocenters. The number of nitrogens with two attached hydrogens (primary N) is 1. The molecule has 1 aromatic heterocycles. The number of methoxy groups -OCH3 is 1. The van der Waals surface area contributed by atoms with Gasteiger partial charge in [-0.1, -0.05) is 35.5 Å². The molecule has 1 saturated heterocycles. The molecule has 0 radical (unpaired) electrons. The number of rotatable bonds is 6. The number of hydrogen-bond donors (Lipinski definition) is 1. The average Bonchev–Trinajstić information content (AvgIpc) is 3.05. The van der Waals surface area contributed by atoms with Crippen LogP contribution in [0.15, 0.2) is 34.9 Å². The summed E-state index contributed by atoms with van der Waals surface area (Å²) >= 11 is 0. The highest BCUT2D eigenvalue weighted by atomic mass is 16.5. The van der Waals surface area contributed by atoms with Crippen LogP contribution in [0.4, 0.5) is 0 Å². The Hall–Kier alpha value is -2.25. The molecule has 0 unspecified atom stereocenters. The fourth-order valence-corrected chi connectivity index (χ4v) is 3.09. The van der Waals surface area contributed by atoms with E-state index in [1.165, 1.54) is 0 Å². The van der Waals surface area contributed by atoms with E-state index >= 15 is 0 Å². The first kappa shape index (κ1) is 16.6. The number of primary amides is 1. The summed E-state index contributed by atoms with van der Waals surface area (Å²) in [7, 11) is 1.66. The summed E-state index contributed by atoms with van der Waals surface area (Å²) in [6, 6.07) is 10.0. The van der Waals surface area contributed by atoms with Gasteiger partial charge in [-0.15, -0.1) is 0 Å². The van der Waals surface area contributed by atoms with Crippen molar-refractivity contribution in [3.8, 4) is 0 Å². The number of amides is 1. The highest BCUT2D eigenvalue weighted by molar-refractivity contribution is 5.75. The summed E-state index contributed by atoms with van der Waals surface area (Å²) in [5.41, 5.74) is 5.80. The van der Waals surface area contributed by atoms with Gasteiger partial charge in [-0.3, -0.25) is 9.69 Å². The van der Waals surface area contributed by atoms with Crippen molar-refractivity contribution in [3.05, 3.63) is 47.6 Å². The minimum absolute atomic E-state index is 0.267. The van der Waals surface area contributed by atoms with Crippen molar-refractivity contribution in [2.45, 2.75) is 24.9 Å². The van der Waals surface area contributed by atoms with E-state index in [1.54, 1.807) is 7.11 Å². The van der Waals surface area contributed by atoms with E-state index < -0.39 is 5.60 Å². The third-order valence-electron chi connectivity index (χ3n) is 4.50. The Kier molecular flexibility index (Phi) is 4.92. The largest absolute Gasteiger partial charge is 0.369 e. The molecule has 7 heteroatoms. The van der Waals surface area contributed by atoms with Crippen molar-refractivity contribution in [1.82, 2.24) is 15.0 Å². The summed E-state index contributed by atoms with van der Waals surface area (Å²) in [5.74, 6) is 0.838. The Bertz CT molecular complexity index is 678. The summed E-state index contributed by atoms with van der Waals surface area (Å²) in [6.07, 6.45) is 1.99. The molecular formula is C17H22N4O3. The van der Waals surface area contributed by atoms with Gasteiger partial charge in [-0.05, 0) is 18.4 Å². The first-order chi connectivity index (χ1) is 11.6. The number of hydrogen-bond acceptors (Lipinski definition) is 6. The van der Waals surface area contributed by atoms with Gasteiger partial charge in [0.1, 0.15) is 5.60 Å². The third-order valence-corrected chi connectivity index (χ3v) is 4.50. The molecule has 1 aliphatic heterocycles. The SMILES string of the molecule is COC1(c2nc(Cc3ccccc3)no2)CCN(CC(N)=O)CC1. The zero-order chi connectivity index (χ0) is 17.0. The van der Waals surface area contributed by atoms with Crippen LogP contribution < -0.4 is 5.73 Å². The van der Waals surface area contributed by atoms with Gasteiger partial charge in [0.05, 0.1) is 6.54 Å². The topological polar surface area (TPSA) is 94.5 Å². The van der Waals surface area contributed by atoms with Gasteiger partial charge >= 0.3 is 0 Å². The molecule has 1 fully saturated rings. The van der Waals surface area contributed by atoms with E-state index in [1.807, 2.05) is 35.2 Å². The van der Waals surface area contributed by atoms with Crippen LogP contribution in [-0.4, -0.2) is 47.7 Å². The van der Waals surface area contributed by atoms with E-state index in [0.29, 0.717) is 44.1 Å². The van der Waals surface area contributed by atoms with Gasteiger partial charge in [0.15, 0.2) is 5.82 Å². The molecule has 128 valence electrons. The molecule has 7 nitrogen and oxygen atoms in total. The van der Waals surface area contributed by atoms with Gasteiger partial charge in [-0.25, -0.2) is 0 Å². The van der Waals surface area contributed by atoms with Crippen molar-refractivity contribution in [3.63, 3.8) is 0 Å². The van der Waals surface area contributed by atoms with Gasteiger partial charge in [0.25, 0.3) is 5.89 Å². The highest BCUT2D eigenvalue weighted by Crippen LogP contribution is 2.35. The van der Waals surface area contributed by atoms with Crippen LogP contribution in [-0.2, 0) is 21.6 Å². The Balaban J connectivity index is 1.69. The lowest BCUT2D eigenvalue weighted by molar-refractivity contribution is -0.122. The normalized spacial score (nSPS) is 17.7. The van der Waals surface area contributed by atoms with Crippen molar-refractivity contribution in [2.75, 3.05) is 26.7 Å². The Labute approximate surface area is 140 Å². The average molecular weight is 330 g/mol. The van der Waals surface area contributed by atoms with Crippen molar-refractivity contribution in [2.24, 2.45) is 5.73 Å². The zero-order valence-corrected chi connectivity index (χ0v) is 13.8. The Morgan fingerprint density at radius 1 is 1.33 bits per heavy atom. The van der Waals surface area contributed by atoms with Crippen LogP contribution in [0.25, 0.3) is 0 Å². The van der Waals surface area contributed by atoms with Crippen LogP contribution in [0.5, 0.6) is 0 Å². The second-order valence-corrected chi connectivity index (χ2v) is 6.12. The van der Waals surface area contributed by atoms with Crippen LogP contribution in [0.2, 0.25) is 0 Å². The predicted molar refractivity (Wildman–Crippen MR) is 87.1 cm³/mol. The molecule has 3 rings (SSSR count). The zero-order valence-electron chi connectivity index (χ0n) is 13.8. The van der Waals surface area contributed by atoms with Crippen LogP contribution in [0.1, 0.15) is 30.1 Å². The van der Waals surface area contributed by atoms with E-state index in [0.717, 1.165) is 5.56 Å². The third kappa shape index (κ3) is 3.63. The fraction of sp³-hybridized carbons (Fsp3) is 0.471. The number of nitrogens with zero attached hydrogens (tertiary/aromatic N) is 3. The second-order valence-electron chi connectivity index (χ2n) is 6.12. The molecule has 0 aliphatic carbocycles. The smallest absolute Gasteiger partial charge is 0.258 e. The number of likely N-dealkylation sites (tertiary alicyclic amines) is 1. The lowest BCUT2D eigenvalue weighted by atomic mass is 9.91. The number of carbonyl (C=O) groups excluding carboxylic acids is 1. The van der Waals surface area contributed by atoms with E-state index in [4.69, 9.17) is 15.0 Å². The van der Waals surface area contributed by atoms with Crippen LogP contribution >= 0.6 is 0 Å². The maximum Gasteiger partial charge on any atom is 0.258 e. The summed E-state index contributed by atoms with van der Waals surface area (Å²) in [6.45, 7) is 1.67. The quantitative estimate of drug-likeness (QED) is 0.852. The molecular weight excluding hydrogens is 308 g/mol. The molecule has 0 saturated carbocycles. The number of piperidine rings is 1. The van der Waals surface area contributed by atoms with E-state index in [-0.39, 0.29) is 12.5 Å². The van der Waals surface area contributed by atoms with Crippen LogP contribution in [0.3, 0.4) is 0 Å². The highest BCUT2D eigenvalue weighted by Gasteiger charge is 2.41. The number of carbonyl (C=O) groups is 1. The molecule has 24 heavy (non-hydrogen) atoms. The van der Waals surface area contributed by atoms with E-state index in [9.17, 15) is 4.79 Å². The van der Waals surface area contributed by atoms with Crippen LogP contribution in [0, 0.1) is 0 Å². The first-order valence-corrected chi connectivity index (χ1v) is 8.04. The first-order valence-electron chi connectivity index (χ1n) is 8.04. The standard InChI is InChI=1S/C17H22N4O3/c1-23-17(7-9-21(10-8-17)12-14(18)22)16-19-15(20-24-16)11-13-5-3-2-4-6-13/h2-6H,7-12H2,1H3,(H2,18,22). The lowest BCUT2D eigenvalue weighted by Gasteiger charge is -2.37. The lowest BCUT2D eigenvalue weighted by Crippen LogP contribution is -2.46.